The molecule has 0 atom stereocenters. The van der Waals surface area contributed by atoms with E-state index in [9.17, 15) is 4.79 Å². The molecule has 3 aromatic rings. The molecule has 0 radical (unpaired) electrons. The van der Waals surface area contributed by atoms with E-state index in [0.717, 1.165) is 25.3 Å². The lowest BCUT2D eigenvalue weighted by Crippen LogP contribution is -2.25. The summed E-state index contributed by atoms with van der Waals surface area (Å²) in [6, 6.07) is 17.0. The van der Waals surface area contributed by atoms with E-state index in [4.69, 9.17) is 10.5 Å². The number of hydrazone groups is 1. The number of nitrogens with zero attached hydrogens (tertiary/aromatic N) is 1. The second kappa shape index (κ2) is 8.54. The van der Waals surface area contributed by atoms with Gasteiger partial charge in [-0.25, -0.2) is 5.43 Å². The molecule has 0 heterocycles. The van der Waals surface area contributed by atoms with Crippen LogP contribution in [0.2, 0.25) is 0 Å². The van der Waals surface area contributed by atoms with Gasteiger partial charge in [0.1, 0.15) is 5.75 Å². The number of anilines is 1. The predicted octanol–water partition coefficient (Wildman–Crippen LogP) is 4.87. The van der Waals surface area contributed by atoms with Crippen molar-refractivity contribution in [3.05, 3.63) is 69.1 Å². The van der Waals surface area contributed by atoms with Crippen molar-refractivity contribution in [2.24, 2.45) is 5.10 Å². The third kappa shape index (κ3) is 4.87. The number of hydrogen-bond acceptors (Lipinski definition) is 4. The molecule has 138 valence electrons. The zero-order valence-corrected chi connectivity index (χ0v) is 17.7. The summed E-state index contributed by atoms with van der Waals surface area (Å²) in [6.07, 6.45) is 0. The second-order valence-electron chi connectivity index (χ2n) is 5.89. The quantitative estimate of drug-likeness (QED) is 0.304. The maximum absolute atomic E-state index is 12.0. The minimum absolute atomic E-state index is 0.140. The molecule has 0 aliphatic carbocycles. The van der Waals surface area contributed by atoms with Crippen LogP contribution in [-0.2, 0) is 4.79 Å². The molecule has 0 aromatic heterocycles. The topological polar surface area (TPSA) is 76.7 Å². The van der Waals surface area contributed by atoms with Gasteiger partial charge in [0.05, 0.1) is 10.2 Å². The Morgan fingerprint density at radius 1 is 1.11 bits per heavy atom. The smallest absolute Gasteiger partial charge is 0.277 e. The number of carbonyl (C=O) groups excluding carboxylic acids is 1. The van der Waals surface area contributed by atoms with Crippen LogP contribution in [0.5, 0.6) is 5.75 Å². The summed E-state index contributed by atoms with van der Waals surface area (Å²) in [6.45, 7) is 1.67. The van der Waals surface area contributed by atoms with Crippen molar-refractivity contribution in [1.82, 2.24) is 5.43 Å². The van der Waals surface area contributed by atoms with Gasteiger partial charge in [-0.15, -0.1) is 0 Å². The standard InChI is InChI=1S/C20H17Br2N3O2/c1-12(13-2-6-16(23)7-3-13)24-25-19(26)11-27-18-9-4-14-10-15(21)5-8-17(14)20(18)22/h2-10H,11,23H2,1H3,(H,25,26)/b24-12+. The van der Waals surface area contributed by atoms with Crippen LogP contribution in [0.3, 0.4) is 0 Å². The number of ether oxygens (including phenoxy) is 1. The molecule has 0 spiro atoms. The summed E-state index contributed by atoms with van der Waals surface area (Å²) in [7, 11) is 0. The summed E-state index contributed by atoms with van der Waals surface area (Å²) >= 11 is 7.00. The van der Waals surface area contributed by atoms with Crippen LogP contribution < -0.4 is 15.9 Å². The molecule has 3 rings (SSSR count). The minimum atomic E-state index is -0.340. The maximum atomic E-state index is 12.0. The monoisotopic (exact) mass is 489 g/mol. The molecule has 27 heavy (non-hydrogen) atoms. The van der Waals surface area contributed by atoms with E-state index in [1.807, 2.05) is 49.4 Å². The van der Waals surface area contributed by atoms with Gasteiger partial charge in [-0.1, -0.05) is 40.2 Å². The predicted molar refractivity (Wildman–Crippen MR) is 116 cm³/mol. The summed E-state index contributed by atoms with van der Waals surface area (Å²) in [4.78, 5) is 12.0. The molecule has 7 heteroatoms. The molecule has 0 aliphatic heterocycles. The first kappa shape index (κ1) is 19.4. The largest absolute Gasteiger partial charge is 0.483 e. The van der Waals surface area contributed by atoms with E-state index in [2.05, 4.69) is 42.4 Å². The fourth-order valence-corrected chi connectivity index (χ4v) is 3.45. The zero-order chi connectivity index (χ0) is 19.4. The van der Waals surface area contributed by atoms with Crippen LogP contribution in [0.1, 0.15) is 12.5 Å². The summed E-state index contributed by atoms with van der Waals surface area (Å²) < 4.78 is 7.45. The highest BCUT2D eigenvalue weighted by atomic mass is 79.9. The number of halogens is 2. The highest BCUT2D eigenvalue weighted by molar-refractivity contribution is 9.11. The molecule has 0 aliphatic rings. The van der Waals surface area contributed by atoms with E-state index >= 15 is 0 Å². The number of amides is 1. The van der Waals surface area contributed by atoms with Gasteiger partial charge in [-0.2, -0.15) is 5.10 Å². The fourth-order valence-electron chi connectivity index (χ4n) is 2.46. The molecule has 5 nitrogen and oxygen atoms in total. The van der Waals surface area contributed by atoms with Crippen molar-refractivity contribution in [2.75, 3.05) is 12.3 Å². The first-order valence-electron chi connectivity index (χ1n) is 8.13. The van der Waals surface area contributed by atoms with Crippen LogP contribution in [-0.4, -0.2) is 18.2 Å². The van der Waals surface area contributed by atoms with Crippen LogP contribution in [0, 0.1) is 0 Å². The van der Waals surface area contributed by atoms with Crippen molar-refractivity contribution in [2.45, 2.75) is 6.92 Å². The third-order valence-electron chi connectivity index (χ3n) is 3.92. The van der Waals surface area contributed by atoms with E-state index < -0.39 is 0 Å². The Balaban J connectivity index is 1.63. The maximum Gasteiger partial charge on any atom is 0.277 e. The Hall–Kier alpha value is -2.38. The highest BCUT2D eigenvalue weighted by Crippen LogP contribution is 2.34. The lowest BCUT2D eigenvalue weighted by Gasteiger charge is -2.10. The molecule has 0 saturated heterocycles. The van der Waals surface area contributed by atoms with E-state index in [1.54, 1.807) is 12.1 Å². The second-order valence-corrected chi connectivity index (χ2v) is 7.59. The summed E-state index contributed by atoms with van der Waals surface area (Å²) in [5, 5.41) is 6.17. The van der Waals surface area contributed by atoms with E-state index in [1.165, 1.54) is 0 Å². The molecule has 1 amide bonds. The van der Waals surface area contributed by atoms with Gasteiger partial charge >= 0.3 is 0 Å². The Kier molecular flexibility index (Phi) is 6.13. The number of hydrogen-bond donors (Lipinski definition) is 2. The van der Waals surface area contributed by atoms with Gasteiger partial charge in [0, 0.05) is 10.2 Å². The SMILES string of the molecule is C/C(=N\NC(=O)COc1ccc2cc(Br)ccc2c1Br)c1ccc(N)cc1. The summed E-state index contributed by atoms with van der Waals surface area (Å²) in [5.41, 5.74) is 10.4. The molecule has 0 bridgehead atoms. The van der Waals surface area contributed by atoms with Crippen molar-refractivity contribution in [3.8, 4) is 5.75 Å². The number of fused-ring (bicyclic) bond motifs is 1. The lowest BCUT2D eigenvalue weighted by atomic mass is 10.1. The minimum Gasteiger partial charge on any atom is -0.483 e. The van der Waals surface area contributed by atoms with Crippen LogP contribution in [0.15, 0.2) is 68.6 Å². The van der Waals surface area contributed by atoms with Gasteiger partial charge in [0.15, 0.2) is 6.61 Å². The highest BCUT2D eigenvalue weighted by Gasteiger charge is 2.09. The van der Waals surface area contributed by atoms with Crippen molar-refractivity contribution < 1.29 is 9.53 Å². The van der Waals surface area contributed by atoms with Gasteiger partial charge < -0.3 is 10.5 Å². The molecule has 0 unspecified atom stereocenters. The molecular weight excluding hydrogens is 474 g/mol. The Bertz CT molecular complexity index is 1020. The van der Waals surface area contributed by atoms with Gasteiger partial charge in [0.2, 0.25) is 0 Å². The number of nitrogens with one attached hydrogen (secondary N) is 1. The van der Waals surface area contributed by atoms with Crippen LogP contribution in [0.4, 0.5) is 5.69 Å². The van der Waals surface area contributed by atoms with Gasteiger partial charge in [-0.05, 0) is 69.5 Å². The molecule has 3 N–H and O–H groups in total. The van der Waals surface area contributed by atoms with E-state index in [-0.39, 0.29) is 12.5 Å². The number of nitrogens with two attached hydrogens (primary N) is 1. The van der Waals surface area contributed by atoms with Crippen molar-refractivity contribution in [3.63, 3.8) is 0 Å². The Labute approximate surface area is 173 Å². The van der Waals surface area contributed by atoms with Crippen molar-refractivity contribution >= 4 is 59.9 Å². The Morgan fingerprint density at radius 3 is 2.59 bits per heavy atom. The third-order valence-corrected chi connectivity index (χ3v) is 5.23. The number of nitrogen functional groups attached to an aromatic ring is 1. The number of carbonyl (C=O) groups is 1. The van der Waals surface area contributed by atoms with Gasteiger partial charge in [-0.3, -0.25) is 4.79 Å². The van der Waals surface area contributed by atoms with Crippen molar-refractivity contribution in [1.29, 1.82) is 0 Å². The average Bonchev–Trinajstić information content (AvgIpc) is 2.66. The fraction of sp³-hybridized carbons (Fsp3) is 0.100. The van der Waals surface area contributed by atoms with E-state index in [0.29, 0.717) is 17.1 Å². The first-order valence-corrected chi connectivity index (χ1v) is 9.72. The molecule has 0 saturated carbocycles. The number of benzene rings is 3. The van der Waals surface area contributed by atoms with Gasteiger partial charge in [0.25, 0.3) is 5.91 Å². The lowest BCUT2D eigenvalue weighted by molar-refractivity contribution is -0.123. The zero-order valence-electron chi connectivity index (χ0n) is 14.5. The number of rotatable bonds is 5. The molecular formula is C20H17Br2N3O2. The molecule has 0 fully saturated rings. The van der Waals surface area contributed by atoms with Crippen LogP contribution in [0.25, 0.3) is 10.8 Å². The normalized spacial score (nSPS) is 11.4. The van der Waals surface area contributed by atoms with Crippen LogP contribution >= 0.6 is 31.9 Å². The summed E-state index contributed by atoms with van der Waals surface area (Å²) in [5.74, 6) is 0.256. The average molecular weight is 491 g/mol. The first-order chi connectivity index (χ1) is 12.9. The molecule has 3 aromatic carbocycles. The Morgan fingerprint density at radius 2 is 1.85 bits per heavy atom.